The summed E-state index contributed by atoms with van der Waals surface area (Å²) in [5, 5.41) is 3.23. The Morgan fingerprint density at radius 1 is 1.60 bits per heavy atom. The van der Waals surface area contributed by atoms with Crippen molar-refractivity contribution in [1.82, 2.24) is 10.2 Å². The maximum atomic E-state index is 12.3. The predicted octanol–water partition coefficient (Wildman–Crippen LogP) is 2.51. The fourth-order valence-electron chi connectivity index (χ4n) is 2.08. The number of piperazine rings is 1. The van der Waals surface area contributed by atoms with Gasteiger partial charge in [0.05, 0.1) is 0 Å². The molecule has 8 heteroatoms. The summed E-state index contributed by atoms with van der Waals surface area (Å²) >= 11 is 1.19. The van der Waals surface area contributed by atoms with Gasteiger partial charge in [-0.3, -0.25) is 4.79 Å². The van der Waals surface area contributed by atoms with Crippen LogP contribution in [0.2, 0.25) is 0 Å². The van der Waals surface area contributed by atoms with Crippen molar-refractivity contribution in [3.05, 3.63) is 15.8 Å². The quantitative estimate of drug-likeness (QED) is 0.928. The minimum atomic E-state index is -2.91. The van der Waals surface area contributed by atoms with Crippen LogP contribution in [-0.4, -0.2) is 43.1 Å². The molecule has 0 aromatic carbocycles. The van der Waals surface area contributed by atoms with Crippen LogP contribution in [0.1, 0.15) is 21.5 Å². The first-order chi connectivity index (χ1) is 8.97. The zero-order chi connectivity index (χ0) is 14.0. The van der Waals surface area contributed by atoms with Gasteiger partial charge in [0.2, 0.25) is 0 Å². The first kappa shape index (κ1) is 17.1. The number of ether oxygens (including phenoxy) is 1. The number of nitrogens with zero attached hydrogens (tertiary/aromatic N) is 1. The summed E-state index contributed by atoms with van der Waals surface area (Å²) in [6.45, 7) is 2.69. The van der Waals surface area contributed by atoms with E-state index in [4.69, 9.17) is 0 Å². The molecule has 2 heterocycles. The van der Waals surface area contributed by atoms with E-state index in [-0.39, 0.29) is 35.0 Å². The van der Waals surface area contributed by atoms with Crippen molar-refractivity contribution in [2.75, 3.05) is 19.6 Å². The highest BCUT2D eigenvalue weighted by atomic mass is 35.5. The van der Waals surface area contributed by atoms with Crippen molar-refractivity contribution in [2.45, 2.75) is 26.5 Å². The Morgan fingerprint density at radius 2 is 2.30 bits per heavy atom. The first-order valence-corrected chi connectivity index (χ1v) is 6.87. The number of hydrogen-bond donors (Lipinski definition) is 1. The highest BCUT2D eigenvalue weighted by molar-refractivity contribution is 7.14. The summed E-state index contributed by atoms with van der Waals surface area (Å²) in [7, 11) is 0. The lowest BCUT2D eigenvalue weighted by Crippen LogP contribution is -2.51. The lowest BCUT2D eigenvalue weighted by atomic mass is 10.2. The molecule has 0 bridgehead atoms. The van der Waals surface area contributed by atoms with E-state index >= 15 is 0 Å². The molecule has 1 atom stereocenters. The van der Waals surface area contributed by atoms with Gasteiger partial charge in [-0.05, 0) is 19.9 Å². The van der Waals surface area contributed by atoms with Crippen LogP contribution in [0, 0.1) is 6.92 Å². The Labute approximate surface area is 126 Å². The predicted molar refractivity (Wildman–Crippen MR) is 76.3 cm³/mol. The Morgan fingerprint density at radius 3 is 2.90 bits per heavy atom. The molecule has 4 nitrogen and oxygen atoms in total. The number of rotatable bonds is 3. The summed E-state index contributed by atoms with van der Waals surface area (Å²) in [5.41, 5.74) is 0. The third kappa shape index (κ3) is 4.04. The number of halogens is 3. The Balaban J connectivity index is 0.00000200. The lowest BCUT2D eigenvalue weighted by Gasteiger charge is -2.31. The molecule has 0 saturated carbocycles. The third-order valence-corrected chi connectivity index (χ3v) is 3.91. The largest absolute Gasteiger partial charge is 0.433 e. The van der Waals surface area contributed by atoms with E-state index in [1.165, 1.54) is 17.4 Å². The molecular weight excluding hydrogens is 310 g/mol. The molecule has 0 radical (unpaired) electrons. The van der Waals surface area contributed by atoms with Gasteiger partial charge in [0.1, 0.15) is 10.6 Å². The van der Waals surface area contributed by atoms with Crippen LogP contribution in [0.3, 0.4) is 0 Å². The van der Waals surface area contributed by atoms with Gasteiger partial charge in [0.15, 0.2) is 0 Å². The van der Waals surface area contributed by atoms with Crippen molar-refractivity contribution in [3.8, 4) is 5.75 Å². The van der Waals surface area contributed by atoms with Crippen LogP contribution in [0.15, 0.2) is 6.07 Å². The maximum absolute atomic E-state index is 12.3. The van der Waals surface area contributed by atoms with E-state index < -0.39 is 6.61 Å². The van der Waals surface area contributed by atoms with Gasteiger partial charge in [-0.25, -0.2) is 0 Å². The van der Waals surface area contributed by atoms with Gasteiger partial charge in [-0.1, -0.05) is 0 Å². The van der Waals surface area contributed by atoms with Crippen molar-refractivity contribution in [3.63, 3.8) is 0 Å². The second kappa shape index (κ2) is 7.19. The van der Waals surface area contributed by atoms with Crippen LogP contribution in [0.5, 0.6) is 5.75 Å². The molecule has 1 aliphatic rings. The molecule has 1 aromatic heterocycles. The van der Waals surface area contributed by atoms with E-state index in [1.54, 1.807) is 11.8 Å². The van der Waals surface area contributed by atoms with E-state index in [0.717, 1.165) is 4.88 Å². The molecule has 114 valence electrons. The fourth-order valence-corrected chi connectivity index (χ4v) is 3.00. The molecule has 0 spiro atoms. The molecular formula is C12H17ClF2N2O2S. The molecule has 20 heavy (non-hydrogen) atoms. The van der Waals surface area contributed by atoms with Crippen molar-refractivity contribution in [2.24, 2.45) is 0 Å². The molecule has 1 fully saturated rings. The molecule has 1 aliphatic heterocycles. The fraction of sp³-hybridized carbons (Fsp3) is 0.583. The van der Waals surface area contributed by atoms with E-state index in [9.17, 15) is 13.6 Å². The minimum absolute atomic E-state index is 0. The van der Waals surface area contributed by atoms with Gasteiger partial charge in [0.25, 0.3) is 5.91 Å². The molecule has 0 aliphatic carbocycles. The monoisotopic (exact) mass is 326 g/mol. The van der Waals surface area contributed by atoms with Gasteiger partial charge in [-0.2, -0.15) is 8.78 Å². The van der Waals surface area contributed by atoms with Crippen LogP contribution in [0.4, 0.5) is 8.78 Å². The molecule has 2 rings (SSSR count). The average Bonchev–Trinajstić information content (AvgIpc) is 2.68. The Hall–Kier alpha value is -0.920. The standard InChI is InChI=1S/C12H16F2N2O2S.ClH/c1-7-6-16(4-3-15-7)11(17)10-9(18-12(13)14)5-8(2)19-10;/h5,7,12,15H,3-4,6H2,1-2H3;1H. The number of alkyl halides is 2. The Bertz CT molecular complexity index is 470. The maximum Gasteiger partial charge on any atom is 0.387 e. The molecule has 1 N–H and O–H groups in total. The van der Waals surface area contributed by atoms with Crippen LogP contribution in [0.25, 0.3) is 0 Å². The minimum Gasteiger partial charge on any atom is -0.433 e. The number of aryl methyl sites for hydroxylation is 1. The lowest BCUT2D eigenvalue weighted by molar-refractivity contribution is -0.0499. The summed E-state index contributed by atoms with van der Waals surface area (Å²) in [4.78, 5) is 15.1. The number of hydrogen-bond acceptors (Lipinski definition) is 4. The zero-order valence-corrected chi connectivity index (χ0v) is 12.8. The number of carbonyl (C=O) groups excluding carboxylic acids is 1. The molecule has 1 saturated heterocycles. The highest BCUT2D eigenvalue weighted by Gasteiger charge is 2.26. The van der Waals surface area contributed by atoms with Crippen LogP contribution >= 0.6 is 23.7 Å². The summed E-state index contributed by atoms with van der Waals surface area (Å²) in [6.07, 6.45) is 0. The zero-order valence-electron chi connectivity index (χ0n) is 11.2. The summed E-state index contributed by atoms with van der Waals surface area (Å²) in [5.74, 6) is -0.254. The molecule has 1 aromatic rings. The topological polar surface area (TPSA) is 41.6 Å². The van der Waals surface area contributed by atoms with E-state index in [1.807, 2.05) is 6.92 Å². The molecule has 1 amide bonds. The summed E-state index contributed by atoms with van der Waals surface area (Å²) in [6, 6.07) is 1.69. The van der Waals surface area contributed by atoms with Gasteiger partial charge >= 0.3 is 6.61 Å². The van der Waals surface area contributed by atoms with Crippen molar-refractivity contribution in [1.29, 1.82) is 0 Å². The second-order valence-corrected chi connectivity index (χ2v) is 5.79. The molecule has 1 unspecified atom stereocenters. The normalized spacial score (nSPS) is 18.9. The van der Waals surface area contributed by atoms with Crippen LogP contribution in [-0.2, 0) is 0 Å². The van der Waals surface area contributed by atoms with Gasteiger partial charge < -0.3 is 15.0 Å². The van der Waals surface area contributed by atoms with Gasteiger partial charge in [0, 0.05) is 30.6 Å². The van der Waals surface area contributed by atoms with E-state index in [2.05, 4.69) is 10.1 Å². The highest BCUT2D eigenvalue weighted by Crippen LogP contribution is 2.31. The summed E-state index contributed by atoms with van der Waals surface area (Å²) < 4.78 is 29.1. The SMILES string of the molecule is Cc1cc(OC(F)F)c(C(=O)N2CCNC(C)C2)s1.Cl. The average molecular weight is 327 g/mol. The number of amides is 1. The van der Waals surface area contributed by atoms with E-state index in [0.29, 0.717) is 19.6 Å². The second-order valence-electron chi connectivity index (χ2n) is 4.54. The first-order valence-electron chi connectivity index (χ1n) is 6.05. The van der Waals surface area contributed by atoms with Crippen molar-refractivity contribution < 1.29 is 18.3 Å². The number of carbonyl (C=O) groups is 1. The smallest absolute Gasteiger partial charge is 0.387 e. The number of thiophene rings is 1. The van der Waals surface area contributed by atoms with Gasteiger partial charge in [-0.15, -0.1) is 23.7 Å². The van der Waals surface area contributed by atoms with Crippen LogP contribution < -0.4 is 10.1 Å². The van der Waals surface area contributed by atoms with Crippen molar-refractivity contribution >= 4 is 29.7 Å². The number of nitrogens with one attached hydrogen (secondary N) is 1. The third-order valence-electron chi connectivity index (χ3n) is 2.89. The Kier molecular flexibility index (Phi) is 6.16.